The van der Waals surface area contributed by atoms with Gasteiger partial charge in [-0.1, -0.05) is 0 Å². The van der Waals surface area contributed by atoms with E-state index in [0.29, 0.717) is 18.5 Å². The van der Waals surface area contributed by atoms with Crippen molar-refractivity contribution >= 4 is 11.7 Å². The summed E-state index contributed by atoms with van der Waals surface area (Å²) in [6.07, 6.45) is 3.65. The summed E-state index contributed by atoms with van der Waals surface area (Å²) >= 11 is 0. The molecule has 2 heterocycles. The summed E-state index contributed by atoms with van der Waals surface area (Å²) in [4.78, 5) is 11.6. The van der Waals surface area contributed by atoms with Crippen LogP contribution in [0.4, 0.5) is 5.82 Å². The number of furan rings is 1. The molecule has 0 fully saturated rings. The highest BCUT2D eigenvalue weighted by Gasteiger charge is 2.10. The second-order valence-electron chi connectivity index (χ2n) is 3.28. The van der Waals surface area contributed by atoms with E-state index in [-0.39, 0.29) is 11.7 Å². The van der Waals surface area contributed by atoms with Crippen molar-refractivity contribution in [2.75, 3.05) is 12.3 Å². The van der Waals surface area contributed by atoms with Gasteiger partial charge in [0.2, 0.25) is 0 Å². The Bertz CT molecular complexity index is 461. The zero-order valence-electron chi connectivity index (χ0n) is 8.56. The van der Waals surface area contributed by atoms with Gasteiger partial charge in [0.1, 0.15) is 17.1 Å². The normalized spacial score (nSPS) is 10.2. The summed E-state index contributed by atoms with van der Waals surface area (Å²) in [5, 5.41) is 8.90. The van der Waals surface area contributed by atoms with Gasteiger partial charge < -0.3 is 15.5 Å². The zero-order chi connectivity index (χ0) is 11.4. The minimum atomic E-state index is -0.238. The lowest BCUT2D eigenvalue weighted by atomic mass is 10.3. The van der Waals surface area contributed by atoms with Crippen molar-refractivity contribution in [3.05, 3.63) is 35.9 Å². The van der Waals surface area contributed by atoms with Crippen molar-refractivity contribution in [1.82, 2.24) is 15.5 Å². The molecule has 1 amide bonds. The average molecular weight is 220 g/mol. The van der Waals surface area contributed by atoms with Gasteiger partial charge in [-0.2, -0.15) is 5.10 Å². The third-order valence-corrected chi connectivity index (χ3v) is 2.15. The number of rotatable bonds is 4. The van der Waals surface area contributed by atoms with Crippen molar-refractivity contribution in [1.29, 1.82) is 0 Å². The quantitative estimate of drug-likeness (QED) is 0.701. The highest BCUT2D eigenvalue weighted by Crippen LogP contribution is 2.05. The summed E-state index contributed by atoms with van der Waals surface area (Å²) in [6, 6.07) is 3.67. The van der Waals surface area contributed by atoms with Crippen molar-refractivity contribution < 1.29 is 9.21 Å². The molecule has 84 valence electrons. The highest BCUT2D eigenvalue weighted by molar-refractivity contribution is 5.98. The SMILES string of the molecule is Nc1[nH]ncc1C(=O)NCCc1ccco1. The van der Waals surface area contributed by atoms with Gasteiger partial charge in [0.25, 0.3) is 5.91 Å². The Morgan fingerprint density at radius 3 is 3.12 bits per heavy atom. The van der Waals surface area contributed by atoms with Crippen LogP contribution in [0.2, 0.25) is 0 Å². The van der Waals surface area contributed by atoms with Crippen LogP contribution in [0.25, 0.3) is 0 Å². The van der Waals surface area contributed by atoms with Crippen LogP contribution < -0.4 is 11.1 Å². The number of anilines is 1. The lowest BCUT2D eigenvalue weighted by Gasteiger charge is -2.02. The van der Waals surface area contributed by atoms with Crippen LogP contribution in [-0.4, -0.2) is 22.6 Å². The van der Waals surface area contributed by atoms with E-state index in [1.54, 1.807) is 6.26 Å². The topological polar surface area (TPSA) is 96.9 Å². The Hall–Kier alpha value is -2.24. The van der Waals surface area contributed by atoms with E-state index in [9.17, 15) is 4.79 Å². The van der Waals surface area contributed by atoms with E-state index in [1.165, 1.54) is 6.20 Å². The number of amides is 1. The Morgan fingerprint density at radius 1 is 1.62 bits per heavy atom. The van der Waals surface area contributed by atoms with Gasteiger partial charge in [-0.05, 0) is 12.1 Å². The monoisotopic (exact) mass is 220 g/mol. The molecule has 2 aromatic heterocycles. The molecule has 4 N–H and O–H groups in total. The van der Waals surface area contributed by atoms with Crippen LogP contribution in [-0.2, 0) is 6.42 Å². The Labute approximate surface area is 91.8 Å². The number of aromatic nitrogens is 2. The first kappa shape index (κ1) is 10.3. The molecule has 0 bridgehead atoms. The fourth-order valence-corrected chi connectivity index (χ4v) is 1.33. The third kappa shape index (κ3) is 2.22. The fourth-order valence-electron chi connectivity index (χ4n) is 1.33. The third-order valence-electron chi connectivity index (χ3n) is 2.15. The Kier molecular flexibility index (Phi) is 2.90. The fraction of sp³-hybridized carbons (Fsp3) is 0.200. The first-order valence-corrected chi connectivity index (χ1v) is 4.87. The van der Waals surface area contributed by atoms with Crippen molar-refractivity contribution in [3.63, 3.8) is 0 Å². The summed E-state index contributed by atoms with van der Waals surface area (Å²) in [6.45, 7) is 0.497. The molecule has 0 aliphatic rings. The molecule has 6 nitrogen and oxygen atoms in total. The molecule has 0 aromatic carbocycles. The second kappa shape index (κ2) is 4.52. The molecule has 16 heavy (non-hydrogen) atoms. The molecule has 2 rings (SSSR count). The lowest BCUT2D eigenvalue weighted by molar-refractivity contribution is 0.0954. The number of aromatic amines is 1. The van der Waals surface area contributed by atoms with Crippen LogP contribution in [0.5, 0.6) is 0 Å². The van der Waals surface area contributed by atoms with Crippen LogP contribution >= 0.6 is 0 Å². The molecule has 0 saturated carbocycles. The molecule has 0 aliphatic carbocycles. The number of nitrogens with zero attached hydrogens (tertiary/aromatic N) is 1. The molecule has 0 aliphatic heterocycles. The summed E-state index contributed by atoms with van der Waals surface area (Å²) in [5.41, 5.74) is 5.87. The van der Waals surface area contributed by atoms with Crippen LogP contribution in [0.3, 0.4) is 0 Å². The van der Waals surface area contributed by atoms with E-state index in [2.05, 4.69) is 15.5 Å². The Morgan fingerprint density at radius 2 is 2.50 bits per heavy atom. The predicted molar refractivity (Wildman–Crippen MR) is 57.7 cm³/mol. The maximum absolute atomic E-state index is 11.6. The van der Waals surface area contributed by atoms with Gasteiger partial charge >= 0.3 is 0 Å². The molecule has 0 saturated heterocycles. The van der Waals surface area contributed by atoms with E-state index in [0.717, 1.165) is 5.76 Å². The number of hydrogen-bond acceptors (Lipinski definition) is 4. The van der Waals surface area contributed by atoms with E-state index < -0.39 is 0 Å². The van der Waals surface area contributed by atoms with Gasteiger partial charge in [-0.25, -0.2) is 0 Å². The number of carbonyl (C=O) groups excluding carboxylic acids is 1. The minimum absolute atomic E-state index is 0.238. The van der Waals surface area contributed by atoms with Crippen molar-refractivity contribution in [2.45, 2.75) is 6.42 Å². The van der Waals surface area contributed by atoms with Crippen molar-refractivity contribution in [3.8, 4) is 0 Å². The number of carbonyl (C=O) groups is 1. The predicted octanol–water partition coefficient (Wildman–Crippen LogP) is 0.557. The Balaban J connectivity index is 1.83. The van der Waals surface area contributed by atoms with Gasteiger partial charge in [-0.3, -0.25) is 9.89 Å². The van der Waals surface area contributed by atoms with Gasteiger partial charge in [0, 0.05) is 13.0 Å². The van der Waals surface area contributed by atoms with E-state index >= 15 is 0 Å². The molecule has 2 aromatic rings. The first-order chi connectivity index (χ1) is 7.77. The van der Waals surface area contributed by atoms with E-state index in [4.69, 9.17) is 10.2 Å². The van der Waals surface area contributed by atoms with Crippen molar-refractivity contribution in [2.24, 2.45) is 0 Å². The molecule has 0 unspecified atom stereocenters. The maximum atomic E-state index is 11.6. The first-order valence-electron chi connectivity index (χ1n) is 4.87. The number of H-pyrrole nitrogens is 1. The molecular formula is C10H12N4O2. The molecule has 0 radical (unpaired) electrons. The summed E-state index contributed by atoms with van der Waals surface area (Å²) < 4.78 is 5.14. The highest BCUT2D eigenvalue weighted by atomic mass is 16.3. The zero-order valence-corrected chi connectivity index (χ0v) is 8.56. The van der Waals surface area contributed by atoms with E-state index in [1.807, 2.05) is 12.1 Å². The molecule has 6 heteroatoms. The molecule has 0 spiro atoms. The number of nitrogens with one attached hydrogen (secondary N) is 2. The summed E-state index contributed by atoms with van der Waals surface area (Å²) in [5.74, 6) is 0.869. The summed E-state index contributed by atoms with van der Waals surface area (Å²) in [7, 11) is 0. The lowest BCUT2D eigenvalue weighted by Crippen LogP contribution is -2.25. The number of hydrogen-bond donors (Lipinski definition) is 3. The second-order valence-corrected chi connectivity index (χ2v) is 3.28. The van der Waals surface area contributed by atoms with Crippen LogP contribution in [0.1, 0.15) is 16.1 Å². The van der Waals surface area contributed by atoms with Gasteiger partial charge in [-0.15, -0.1) is 0 Å². The van der Waals surface area contributed by atoms with Crippen LogP contribution in [0, 0.1) is 0 Å². The van der Waals surface area contributed by atoms with Gasteiger partial charge in [0.15, 0.2) is 0 Å². The maximum Gasteiger partial charge on any atom is 0.256 e. The minimum Gasteiger partial charge on any atom is -0.469 e. The number of nitrogens with two attached hydrogens (primary N) is 1. The standard InChI is InChI=1S/C10H12N4O2/c11-9-8(6-13-14-9)10(15)12-4-3-7-2-1-5-16-7/h1-2,5-6H,3-4H2,(H,12,15)(H3,11,13,14). The largest absolute Gasteiger partial charge is 0.469 e. The smallest absolute Gasteiger partial charge is 0.256 e. The number of nitrogen functional groups attached to an aromatic ring is 1. The molecule has 0 atom stereocenters. The van der Waals surface area contributed by atoms with Crippen LogP contribution in [0.15, 0.2) is 29.0 Å². The van der Waals surface area contributed by atoms with Gasteiger partial charge in [0.05, 0.1) is 12.5 Å². The average Bonchev–Trinajstić information content (AvgIpc) is 2.88. The molecular weight excluding hydrogens is 208 g/mol.